The monoisotopic (exact) mass is 235 g/mol. The van der Waals surface area contributed by atoms with E-state index in [2.05, 4.69) is 67.3 Å². The average molecular weight is 235 g/mol. The lowest BCUT2D eigenvalue weighted by atomic mass is 10.0. The predicted molar refractivity (Wildman–Crippen MR) is 79.5 cm³/mol. The first-order valence-electron chi connectivity index (χ1n) is 6.29. The van der Waals surface area contributed by atoms with Crippen LogP contribution in [0.3, 0.4) is 0 Å². The molecule has 0 fully saturated rings. The molecule has 1 atom stereocenters. The summed E-state index contributed by atoms with van der Waals surface area (Å²) in [6.45, 7) is 3.93. The van der Waals surface area contributed by atoms with Crippen LogP contribution in [0.4, 0.5) is 0 Å². The maximum absolute atomic E-state index is 3.93. The van der Waals surface area contributed by atoms with Crippen LogP contribution in [0.2, 0.25) is 0 Å². The van der Waals surface area contributed by atoms with E-state index in [1.807, 2.05) is 18.2 Å². The molecule has 0 radical (unpaired) electrons. The van der Waals surface area contributed by atoms with Crippen molar-refractivity contribution in [2.24, 2.45) is 0 Å². The highest BCUT2D eigenvalue weighted by Crippen LogP contribution is 2.21. The number of hydrogen-bond donors (Lipinski definition) is 0. The van der Waals surface area contributed by atoms with Gasteiger partial charge in [-0.2, -0.15) is 0 Å². The van der Waals surface area contributed by atoms with Gasteiger partial charge in [0.05, 0.1) is 0 Å². The van der Waals surface area contributed by atoms with Crippen LogP contribution >= 0.6 is 0 Å². The minimum atomic E-state index is 0.395. The van der Waals surface area contributed by atoms with Crippen molar-refractivity contribution >= 4 is 6.08 Å². The zero-order valence-corrected chi connectivity index (χ0v) is 10.5. The topological polar surface area (TPSA) is 0 Å². The van der Waals surface area contributed by atoms with E-state index in [1.54, 1.807) is 0 Å². The SMILES string of the molecule is C=CC([13CH2]/C=C/c1ccccc1)c1ccccc1. The van der Waals surface area contributed by atoms with Crippen molar-refractivity contribution in [2.75, 3.05) is 0 Å². The molecule has 18 heavy (non-hydrogen) atoms. The summed E-state index contributed by atoms with van der Waals surface area (Å²) in [5, 5.41) is 0. The summed E-state index contributed by atoms with van der Waals surface area (Å²) in [5.41, 5.74) is 2.57. The van der Waals surface area contributed by atoms with Crippen molar-refractivity contribution in [1.82, 2.24) is 0 Å². The first-order chi connectivity index (χ1) is 8.90. The minimum absolute atomic E-state index is 0.395. The fraction of sp³-hybridized carbons (Fsp3) is 0.111. The lowest BCUT2D eigenvalue weighted by molar-refractivity contribution is 0.868. The molecule has 2 aromatic carbocycles. The molecule has 2 rings (SSSR count). The fourth-order valence-electron chi connectivity index (χ4n) is 1.98. The summed E-state index contributed by atoms with van der Waals surface area (Å²) in [6.07, 6.45) is 7.39. The zero-order valence-electron chi connectivity index (χ0n) is 10.5. The second-order valence-electron chi connectivity index (χ2n) is 4.30. The molecule has 0 heteroatoms. The Balaban J connectivity index is 2.00. The van der Waals surface area contributed by atoms with Gasteiger partial charge in [-0.1, -0.05) is 78.9 Å². The lowest BCUT2D eigenvalue weighted by Gasteiger charge is -2.09. The van der Waals surface area contributed by atoms with Crippen LogP contribution in [-0.4, -0.2) is 0 Å². The molecule has 0 bridgehead atoms. The van der Waals surface area contributed by atoms with Gasteiger partial charge in [0.25, 0.3) is 0 Å². The van der Waals surface area contributed by atoms with Crippen LogP contribution in [0.15, 0.2) is 79.4 Å². The first kappa shape index (κ1) is 12.4. The number of hydrogen-bond acceptors (Lipinski definition) is 0. The first-order valence-corrected chi connectivity index (χ1v) is 6.29. The zero-order chi connectivity index (χ0) is 12.6. The molecule has 0 saturated heterocycles. The van der Waals surface area contributed by atoms with Crippen LogP contribution in [0, 0.1) is 0 Å². The molecular formula is C18H18. The van der Waals surface area contributed by atoms with Crippen molar-refractivity contribution in [3.63, 3.8) is 0 Å². The molecule has 90 valence electrons. The van der Waals surface area contributed by atoms with Crippen molar-refractivity contribution in [2.45, 2.75) is 12.3 Å². The van der Waals surface area contributed by atoms with Gasteiger partial charge in [0, 0.05) is 5.92 Å². The molecule has 0 saturated carbocycles. The highest BCUT2D eigenvalue weighted by atomic mass is 14.3. The maximum Gasteiger partial charge on any atom is 0.00499 e. The lowest BCUT2D eigenvalue weighted by Crippen LogP contribution is -1.92. The standard InChI is InChI=1S/C18H18/c1-2-17(18-13-7-4-8-14-18)15-9-12-16-10-5-3-6-11-16/h2-14,17H,1,15H2/b12-9+/i15+1. The number of rotatable bonds is 5. The molecule has 0 aliphatic carbocycles. The quantitative estimate of drug-likeness (QED) is 0.502. The van der Waals surface area contributed by atoms with E-state index >= 15 is 0 Å². The molecule has 0 amide bonds. The summed E-state index contributed by atoms with van der Waals surface area (Å²) in [7, 11) is 0. The normalized spacial score (nSPS) is 12.4. The molecule has 0 nitrogen and oxygen atoms in total. The van der Waals surface area contributed by atoms with Crippen molar-refractivity contribution < 1.29 is 0 Å². The Morgan fingerprint density at radius 1 is 0.889 bits per heavy atom. The van der Waals surface area contributed by atoms with Crippen molar-refractivity contribution in [3.8, 4) is 0 Å². The Bertz CT molecular complexity index is 494. The maximum atomic E-state index is 3.93. The van der Waals surface area contributed by atoms with Gasteiger partial charge in [0.1, 0.15) is 0 Å². The molecule has 1 unspecified atom stereocenters. The van der Waals surface area contributed by atoms with Crippen LogP contribution < -0.4 is 0 Å². The van der Waals surface area contributed by atoms with E-state index in [9.17, 15) is 0 Å². The molecule has 0 spiro atoms. The third kappa shape index (κ3) is 3.46. The van der Waals surface area contributed by atoms with Gasteiger partial charge in [0.15, 0.2) is 0 Å². The van der Waals surface area contributed by atoms with E-state index in [4.69, 9.17) is 0 Å². The molecule has 0 N–H and O–H groups in total. The summed E-state index contributed by atoms with van der Waals surface area (Å²) < 4.78 is 0. The average Bonchev–Trinajstić information content (AvgIpc) is 2.46. The van der Waals surface area contributed by atoms with Gasteiger partial charge in [-0.3, -0.25) is 0 Å². The fourth-order valence-corrected chi connectivity index (χ4v) is 1.98. The Kier molecular flexibility index (Phi) is 4.54. The Labute approximate surface area is 109 Å². The van der Waals surface area contributed by atoms with E-state index in [0.717, 1.165) is 6.42 Å². The van der Waals surface area contributed by atoms with Gasteiger partial charge in [-0.15, -0.1) is 6.58 Å². The van der Waals surface area contributed by atoms with Gasteiger partial charge < -0.3 is 0 Å². The molecule has 0 aliphatic rings. The third-order valence-corrected chi connectivity index (χ3v) is 3.01. The van der Waals surface area contributed by atoms with E-state index < -0.39 is 0 Å². The van der Waals surface area contributed by atoms with Gasteiger partial charge in [-0.25, -0.2) is 0 Å². The largest absolute Gasteiger partial charge is 0.102 e. The van der Waals surface area contributed by atoms with Crippen LogP contribution in [0.1, 0.15) is 23.5 Å². The van der Waals surface area contributed by atoms with Crippen molar-refractivity contribution in [1.29, 1.82) is 0 Å². The Morgan fingerprint density at radius 3 is 2.11 bits per heavy atom. The van der Waals surface area contributed by atoms with E-state index in [-0.39, 0.29) is 0 Å². The highest BCUT2D eigenvalue weighted by Gasteiger charge is 2.03. The number of benzene rings is 2. The predicted octanol–water partition coefficient (Wildman–Crippen LogP) is 5.06. The third-order valence-electron chi connectivity index (χ3n) is 3.01. The summed E-state index contributed by atoms with van der Waals surface area (Å²) in [6, 6.07) is 20.9. The van der Waals surface area contributed by atoms with Gasteiger partial charge in [-0.05, 0) is 17.5 Å². The summed E-state index contributed by atoms with van der Waals surface area (Å²) in [4.78, 5) is 0. The smallest absolute Gasteiger partial charge is 0.00499 e. The Morgan fingerprint density at radius 2 is 1.50 bits per heavy atom. The van der Waals surface area contributed by atoms with Crippen LogP contribution in [-0.2, 0) is 0 Å². The molecular weight excluding hydrogens is 217 g/mol. The number of allylic oxidation sites excluding steroid dienone is 2. The van der Waals surface area contributed by atoms with Gasteiger partial charge in [0.2, 0.25) is 0 Å². The van der Waals surface area contributed by atoms with Crippen LogP contribution in [0.25, 0.3) is 6.08 Å². The molecule has 0 heterocycles. The van der Waals surface area contributed by atoms with E-state index in [1.165, 1.54) is 11.1 Å². The Hall–Kier alpha value is -2.08. The molecule has 0 aromatic heterocycles. The minimum Gasteiger partial charge on any atom is -0.102 e. The van der Waals surface area contributed by atoms with E-state index in [0.29, 0.717) is 5.92 Å². The van der Waals surface area contributed by atoms with Crippen LogP contribution in [0.5, 0.6) is 0 Å². The highest BCUT2D eigenvalue weighted by molar-refractivity contribution is 5.48. The molecule has 2 aromatic rings. The summed E-state index contributed by atoms with van der Waals surface area (Å²) in [5.74, 6) is 0.395. The summed E-state index contributed by atoms with van der Waals surface area (Å²) >= 11 is 0. The molecule has 0 aliphatic heterocycles. The van der Waals surface area contributed by atoms with Gasteiger partial charge >= 0.3 is 0 Å². The second-order valence-corrected chi connectivity index (χ2v) is 4.30. The van der Waals surface area contributed by atoms with Crippen molar-refractivity contribution in [3.05, 3.63) is 90.5 Å². The second kappa shape index (κ2) is 6.61.